The highest BCUT2D eigenvalue weighted by Gasteiger charge is 2.25. The van der Waals surface area contributed by atoms with Crippen LogP contribution in [0.3, 0.4) is 0 Å². The lowest BCUT2D eigenvalue weighted by Gasteiger charge is -2.15. The van der Waals surface area contributed by atoms with Crippen molar-refractivity contribution in [2.45, 2.75) is 3.98 Å². The number of alkyl halides is 3. The summed E-state index contributed by atoms with van der Waals surface area (Å²) in [6, 6.07) is 2.48. The summed E-state index contributed by atoms with van der Waals surface area (Å²) in [6.07, 6.45) is 0. The predicted molar refractivity (Wildman–Crippen MR) is 60.0 cm³/mol. The first-order valence-electron chi connectivity index (χ1n) is 3.20. The highest BCUT2D eigenvalue weighted by Crippen LogP contribution is 2.37. The largest absolute Gasteiger partial charge is 0.441 e. The average molecular weight is 343 g/mol. The first-order chi connectivity index (χ1) is 6.29. The van der Waals surface area contributed by atoms with Crippen molar-refractivity contribution < 1.29 is 9.13 Å². The van der Waals surface area contributed by atoms with Gasteiger partial charge in [0, 0.05) is 5.02 Å². The minimum atomic E-state index is -2.02. The molecular formula is C7H2BrCl4FO. The molecule has 0 bridgehead atoms. The molecule has 0 unspecified atom stereocenters. The van der Waals surface area contributed by atoms with E-state index in [4.69, 9.17) is 51.1 Å². The minimum Gasteiger partial charge on any atom is -0.441 e. The lowest BCUT2D eigenvalue weighted by molar-refractivity contribution is 0.301. The van der Waals surface area contributed by atoms with Gasteiger partial charge in [-0.05, 0) is 62.9 Å². The molecule has 0 aromatic heterocycles. The minimum absolute atomic E-state index is 0.200. The van der Waals surface area contributed by atoms with Gasteiger partial charge in [0.05, 0.1) is 4.47 Å². The Morgan fingerprint density at radius 1 is 1.29 bits per heavy atom. The van der Waals surface area contributed by atoms with Gasteiger partial charge in [0.2, 0.25) is 0 Å². The molecular weight excluding hydrogens is 341 g/mol. The van der Waals surface area contributed by atoms with Crippen LogP contribution >= 0.6 is 62.3 Å². The second-order valence-corrected chi connectivity index (χ2v) is 5.71. The quantitative estimate of drug-likeness (QED) is 0.656. The maximum atomic E-state index is 13.2. The molecule has 0 heterocycles. The zero-order valence-corrected chi connectivity index (χ0v) is 10.9. The zero-order chi connectivity index (χ0) is 10.9. The van der Waals surface area contributed by atoms with E-state index < -0.39 is 9.80 Å². The van der Waals surface area contributed by atoms with Gasteiger partial charge < -0.3 is 4.74 Å². The van der Waals surface area contributed by atoms with Gasteiger partial charge in [-0.25, -0.2) is 4.39 Å². The number of benzene rings is 1. The normalized spacial score (nSPS) is 11.6. The summed E-state index contributed by atoms with van der Waals surface area (Å²) in [4.78, 5) is 0. The molecule has 14 heavy (non-hydrogen) atoms. The molecule has 1 aromatic rings. The summed E-state index contributed by atoms with van der Waals surface area (Å²) < 4.78 is 16.2. The van der Waals surface area contributed by atoms with E-state index in [9.17, 15) is 4.39 Å². The molecule has 7 heteroatoms. The molecule has 0 N–H and O–H groups in total. The molecule has 0 amide bonds. The molecule has 78 valence electrons. The van der Waals surface area contributed by atoms with Gasteiger partial charge in [0.1, 0.15) is 0 Å². The van der Waals surface area contributed by atoms with E-state index in [0.29, 0.717) is 0 Å². The van der Waals surface area contributed by atoms with Crippen LogP contribution in [0.1, 0.15) is 0 Å². The van der Waals surface area contributed by atoms with Crippen molar-refractivity contribution in [3.8, 4) is 5.75 Å². The number of halogens is 6. The maximum absolute atomic E-state index is 13.2. The van der Waals surface area contributed by atoms with Gasteiger partial charge in [-0.15, -0.1) is 0 Å². The maximum Gasteiger partial charge on any atom is 0.338 e. The van der Waals surface area contributed by atoms with Crippen LogP contribution < -0.4 is 4.74 Å². The van der Waals surface area contributed by atoms with Gasteiger partial charge in [-0.1, -0.05) is 11.6 Å². The molecule has 0 atom stereocenters. The molecule has 0 aliphatic rings. The van der Waals surface area contributed by atoms with Crippen LogP contribution in [0.15, 0.2) is 16.6 Å². The van der Waals surface area contributed by atoms with Gasteiger partial charge in [0.25, 0.3) is 0 Å². The van der Waals surface area contributed by atoms with Crippen LogP contribution in [0.2, 0.25) is 5.02 Å². The number of hydrogen-bond donors (Lipinski definition) is 0. The van der Waals surface area contributed by atoms with Crippen molar-refractivity contribution >= 4 is 62.3 Å². The SMILES string of the molecule is Fc1cc(Cl)cc(Br)c1OC(Cl)(Cl)Cl. The molecule has 0 saturated heterocycles. The number of hydrogen-bond acceptors (Lipinski definition) is 1. The van der Waals surface area contributed by atoms with Crippen molar-refractivity contribution in [2.24, 2.45) is 0 Å². The lowest BCUT2D eigenvalue weighted by atomic mass is 10.3. The zero-order valence-electron chi connectivity index (χ0n) is 6.33. The van der Waals surface area contributed by atoms with Gasteiger partial charge in [-0.3, -0.25) is 0 Å². The van der Waals surface area contributed by atoms with Crippen molar-refractivity contribution in [1.82, 2.24) is 0 Å². The molecule has 0 spiro atoms. The summed E-state index contributed by atoms with van der Waals surface area (Å²) in [7, 11) is 0. The van der Waals surface area contributed by atoms with E-state index in [0.717, 1.165) is 6.07 Å². The third kappa shape index (κ3) is 3.63. The average Bonchev–Trinajstić information content (AvgIpc) is 1.95. The smallest absolute Gasteiger partial charge is 0.338 e. The second kappa shape index (κ2) is 4.62. The van der Waals surface area contributed by atoms with E-state index in [1.54, 1.807) is 0 Å². The third-order valence-corrected chi connectivity index (χ3v) is 2.22. The van der Waals surface area contributed by atoms with E-state index in [1.165, 1.54) is 6.07 Å². The van der Waals surface area contributed by atoms with E-state index in [2.05, 4.69) is 15.9 Å². The topological polar surface area (TPSA) is 9.23 Å². The third-order valence-electron chi connectivity index (χ3n) is 1.18. The summed E-state index contributed by atoms with van der Waals surface area (Å²) in [5.74, 6) is -0.912. The Kier molecular flexibility index (Phi) is 4.18. The van der Waals surface area contributed by atoms with Crippen LogP contribution in [0.4, 0.5) is 4.39 Å². The Balaban J connectivity index is 3.09. The summed E-state index contributed by atoms with van der Waals surface area (Å²) in [5, 5.41) is 0.214. The van der Waals surface area contributed by atoms with Crippen molar-refractivity contribution in [3.63, 3.8) is 0 Å². The Morgan fingerprint density at radius 2 is 1.86 bits per heavy atom. The second-order valence-electron chi connectivity index (χ2n) is 2.25. The van der Waals surface area contributed by atoms with Crippen LogP contribution in [0.5, 0.6) is 5.75 Å². The van der Waals surface area contributed by atoms with Gasteiger partial charge >= 0.3 is 3.98 Å². The van der Waals surface area contributed by atoms with Crippen molar-refractivity contribution in [1.29, 1.82) is 0 Å². The van der Waals surface area contributed by atoms with E-state index >= 15 is 0 Å². The molecule has 0 fully saturated rings. The molecule has 0 saturated carbocycles. The Bertz CT molecular complexity index is 329. The Morgan fingerprint density at radius 3 is 2.29 bits per heavy atom. The van der Waals surface area contributed by atoms with Crippen LogP contribution in [0.25, 0.3) is 0 Å². The number of rotatable bonds is 1. The van der Waals surface area contributed by atoms with Crippen LogP contribution in [-0.2, 0) is 0 Å². The molecule has 1 aromatic carbocycles. The first-order valence-corrected chi connectivity index (χ1v) is 5.50. The Hall–Kier alpha value is 0.590. The van der Waals surface area contributed by atoms with E-state index in [1.807, 2.05) is 0 Å². The number of ether oxygens (including phenoxy) is 1. The molecule has 0 aliphatic heterocycles. The fourth-order valence-electron chi connectivity index (χ4n) is 0.742. The van der Waals surface area contributed by atoms with Crippen molar-refractivity contribution in [2.75, 3.05) is 0 Å². The lowest BCUT2D eigenvalue weighted by Crippen LogP contribution is -2.14. The highest BCUT2D eigenvalue weighted by atomic mass is 79.9. The fourth-order valence-corrected chi connectivity index (χ4v) is 1.83. The molecule has 1 rings (SSSR count). The van der Waals surface area contributed by atoms with Crippen LogP contribution in [0, 0.1) is 5.82 Å². The highest BCUT2D eigenvalue weighted by molar-refractivity contribution is 9.10. The van der Waals surface area contributed by atoms with Gasteiger partial charge in [-0.2, -0.15) is 0 Å². The van der Waals surface area contributed by atoms with Gasteiger partial charge in [0.15, 0.2) is 11.6 Å². The summed E-state index contributed by atoms with van der Waals surface area (Å²) in [5.41, 5.74) is 0. The summed E-state index contributed by atoms with van der Waals surface area (Å²) in [6.45, 7) is 0. The molecule has 0 aliphatic carbocycles. The predicted octanol–water partition coefficient (Wildman–Crippen LogP) is 4.95. The van der Waals surface area contributed by atoms with Crippen LogP contribution in [-0.4, -0.2) is 3.98 Å². The molecule has 0 radical (unpaired) electrons. The van der Waals surface area contributed by atoms with Crippen molar-refractivity contribution in [3.05, 3.63) is 27.4 Å². The standard InChI is InChI=1S/C7H2BrCl4FO/c8-4-1-3(9)2-5(13)6(4)14-7(10,11)12/h1-2H. The molecule has 1 nitrogen and oxygen atoms in total. The first kappa shape index (κ1) is 12.7. The Labute approximate surface area is 108 Å². The summed E-state index contributed by atoms with van der Waals surface area (Å²) >= 11 is 24.6. The van der Waals surface area contributed by atoms with E-state index in [-0.39, 0.29) is 15.2 Å². The fraction of sp³-hybridized carbons (Fsp3) is 0.143. The monoisotopic (exact) mass is 340 g/mol.